The van der Waals surface area contributed by atoms with Crippen molar-refractivity contribution in [2.75, 3.05) is 18.5 Å². The van der Waals surface area contributed by atoms with Gasteiger partial charge in [0.05, 0.1) is 19.4 Å². The van der Waals surface area contributed by atoms with Crippen LogP contribution in [0.5, 0.6) is 11.5 Å². The summed E-state index contributed by atoms with van der Waals surface area (Å²) in [7, 11) is 0. The van der Waals surface area contributed by atoms with Gasteiger partial charge in [0.15, 0.2) is 11.5 Å². The summed E-state index contributed by atoms with van der Waals surface area (Å²) in [4.78, 5) is 35.8. The van der Waals surface area contributed by atoms with Crippen LogP contribution in [-0.4, -0.2) is 45.6 Å². The monoisotopic (exact) mass is 348 g/mol. The molecular formula is C14H16N6O5. The van der Waals surface area contributed by atoms with Crippen molar-refractivity contribution in [2.24, 2.45) is 5.10 Å². The quantitative estimate of drug-likeness (QED) is 0.321. The minimum absolute atomic E-state index is 0.00543. The van der Waals surface area contributed by atoms with Crippen LogP contribution in [0.15, 0.2) is 32.9 Å². The second kappa shape index (κ2) is 8.29. The molecule has 0 aliphatic heterocycles. The Kier molecular flexibility index (Phi) is 5.87. The van der Waals surface area contributed by atoms with Crippen LogP contribution in [0.4, 0.5) is 5.82 Å². The Hall–Kier alpha value is -3.63. The van der Waals surface area contributed by atoms with Crippen molar-refractivity contribution in [3.05, 3.63) is 44.6 Å². The Labute approximate surface area is 140 Å². The van der Waals surface area contributed by atoms with Crippen molar-refractivity contribution in [3.63, 3.8) is 0 Å². The summed E-state index contributed by atoms with van der Waals surface area (Å²) >= 11 is 0. The van der Waals surface area contributed by atoms with E-state index in [1.165, 1.54) is 12.3 Å². The number of hydrogen-bond acceptors (Lipinski definition) is 8. The number of hydrazone groups is 1. The summed E-state index contributed by atoms with van der Waals surface area (Å²) in [6.45, 7) is 1.91. The molecule has 1 aromatic heterocycles. The topological polar surface area (TPSA) is 162 Å². The van der Waals surface area contributed by atoms with Gasteiger partial charge in [-0.3, -0.25) is 14.6 Å². The van der Waals surface area contributed by atoms with Crippen LogP contribution >= 0.6 is 0 Å². The molecule has 132 valence electrons. The van der Waals surface area contributed by atoms with Gasteiger partial charge in [-0.1, -0.05) is 0 Å². The van der Waals surface area contributed by atoms with Crippen molar-refractivity contribution >= 4 is 17.9 Å². The first kappa shape index (κ1) is 17.7. The molecule has 0 saturated carbocycles. The van der Waals surface area contributed by atoms with Gasteiger partial charge >= 0.3 is 5.69 Å². The molecule has 0 atom stereocenters. The van der Waals surface area contributed by atoms with Crippen molar-refractivity contribution in [2.45, 2.75) is 6.92 Å². The molecule has 1 amide bonds. The summed E-state index contributed by atoms with van der Waals surface area (Å²) in [6.07, 6.45) is 1.37. The predicted octanol–water partition coefficient (Wildman–Crippen LogP) is -0.875. The molecule has 0 bridgehead atoms. The zero-order valence-electron chi connectivity index (χ0n) is 13.2. The van der Waals surface area contributed by atoms with Crippen molar-refractivity contribution in [1.29, 1.82) is 0 Å². The van der Waals surface area contributed by atoms with Crippen LogP contribution in [0.2, 0.25) is 0 Å². The highest BCUT2D eigenvalue weighted by molar-refractivity contribution is 5.84. The zero-order chi connectivity index (χ0) is 18.2. The highest BCUT2D eigenvalue weighted by Gasteiger charge is 2.05. The smallest absolute Gasteiger partial charge is 0.342 e. The molecule has 2 aromatic rings. The average molecular weight is 348 g/mol. The third-order valence-electron chi connectivity index (χ3n) is 2.81. The number of rotatable bonds is 7. The first-order chi connectivity index (χ1) is 12.0. The van der Waals surface area contributed by atoms with E-state index in [4.69, 9.17) is 4.74 Å². The number of phenolic OH excluding ortho intramolecular Hbond substituents is 1. The average Bonchev–Trinajstić information content (AvgIpc) is 2.57. The second-order valence-corrected chi connectivity index (χ2v) is 4.66. The van der Waals surface area contributed by atoms with Crippen LogP contribution < -0.4 is 26.7 Å². The normalized spacial score (nSPS) is 10.6. The second-order valence-electron chi connectivity index (χ2n) is 4.66. The highest BCUT2D eigenvalue weighted by Crippen LogP contribution is 2.26. The summed E-state index contributed by atoms with van der Waals surface area (Å²) < 4.78 is 5.24. The number of aromatic hydroxyl groups is 1. The van der Waals surface area contributed by atoms with Crippen LogP contribution in [0.25, 0.3) is 0 Å². The number of hydrogen-bond donors (Lipinski definition) is 5. The maximum atomic E-state index is 11.6. The third-order valence-corrected chi connectivity index (χ3v) is 2.81. The predicted molar refractivity (Wildman–Crippen MR) is 89.0 cm³/mol. The molecule has 0 saturated heterocycles. The molecule has 1 heterocycles. The van der Waals surface area contributed by atoms with Gasteiger partial charge in [-0.25, -0.2) is 15.3 Å². The fraction of sp³-hybridized carbons (Fsp3) is 0.214. The van der Waals surface area contributed by atoms with Gasteiger partial charge in [-0.15, -0.1) is 5.10 Å². The Bertz CT molecular complexity index is 888. The van der Waals surface area contributed by atoms with E-state index in [1.807, 2.05) is 10.1 Å². The van der Waals surface area contributed by atoms with E-state index in [0.29, 0.717) is 17.9 Å². The Morgan fingerprint density at radius 2 is 2.24 bits per heavy atom. The van der Waals surface area contributed by atoms with Gasteiger partial charge in [0.1, 0.15) is 0 Å². The van der Waals surface area contributed by atoms with Gasteiger partial charge in [-0.2, -0.15) is 5.10 Å². The number of ether oxygens (including phenoxy) is 1. The standard InChI is InChI=1S/C14H16N6O5/c1-2-25-10-5-8(3-4-9(10)21)6-16-18-11(22)7-15-12-13(23)17-14(24)20-19-12/h3-6,21H,2,7H2,1H3,(H,15,19)(H,18,22)(H2,17,20,23,24)/b16-6-. The molecule has 0 radical (unpaired) electrons. The summed E-state index contributed by atoms with van der Waals surface area (Å²) in [5.74, 6) is -0.417. The van der Waals surface area contributed by atoms with E-state index in [0.717, 1.165) is 0 Å². The first-order valence-corrected chi connectivity index (χ1v) is 7.20. The molecule has 1 aromatic carbocycles. The number of aromatic amines is 2. The van der Waals surface area contributed by atoms with Gasteiger partial charge < -0.3 is 15.2 Å². The van der Waals surface area contributed by atoms with E-state index < -0.39 is 17.2 Å². The Morgan fingerprint density at radius 1 is 1.44 bits per heavy atom. The molecule has 0 spiro atoms. The van der Waals surface area contributed by atoms with Crippen molar-refractivity contribution in [3.8, 4) is 11.5 Å². The van der Waals surface area contributed by atoms with Gasteiger partial charge in [-0.05, 0) is 30.7 Å². The largest absolute Gasteiger partial charge is 0.504 e. The number of anilines is 1. The van der Waals surface area contributed by atoms with E-state index in [2.05, 4.69) is 20.9 Å². The van der Waals surface area contributed by atoms with Gasteiger partial charge in [0, 0.05) is 0 Å². The maximum absolute atomic E-state index is 11.6. The number of benzene rings is 1. The lowest BCUT2D eigenvalue weighted by Gasteiger charge is -2.06. The number of H-pyrrole nitrogens is 2. The van der Waals surface area contributed by atoms with E-state index in [9.17, 15) is 19.5 Å². The fourth-order valence-electron chi connectivity index (χ4n) is 1.73. The SMILES string of the molecule is CCOc1cc(/C=N\NC(=O)CNc2n[nH]c(=O)[nH]c2=O)ccc1O. The maximum Gasteiger partial charge on any atom is 0.342 e. The number of carbonyl (C=O) groups is 1. The molecule has 25 heavy (non-hydrogen) atoms. The first-order valence-electron chi connectivity index (χ1n) is 7.20. The summed E-state index contributed by atoms with van der Waals surface area (Å²) in [5.41, 5.74) is 1.37. The molecule has 0 fully saturated rings. The van der Waals surface area contributed by atoms with Crippen molar-refractivity contribution in [1.82, 2.24) is 20.6 Å². The minimum Gasteiger partial charge on any atom is -0.504 e. The summed E-state index contributed by atoms with van der Waals surface area (Å²) in [6, 6.07) is 4.61. The van der Waals surface area contributed by atoms with E-state index in [1.54, 1.807) is 19.1 Å². The lowest BCUT2D eigenvalue weighted by Crippen LogP contribution is -2.31. The molecule has 5 N–H and O–H groups in total. The number of phenols is 1. The number of carbonyl (C=O) groups excluding carboxylic acids is 1. The van der Waals surface area contributed by atoms with E-state index >= 15 is 0 Å². The molecule has 2 rings (SSSR count). The van der Waals surface area contributed by atoms with Crippen LogP contribution in [0.1, 0.15) is 12.5 Å². The Balaban J connectivity index is 1.89. The number of nitrogens with one attached hydrogen (secondary N) is 4. The van der Waals surface area contributed by atoms with Crippen molar-refractivity contribution < 1.29 is 14.6 Å². The van der Waals surface area contributed by atoms with Crippen LogP contribution in [-0.2, 0) is 4.79 Å². The summed E-state index contributed by atoms with van der Waals surface area (Å²) in [5, 5.41) is 21.3. The molecule has 11 nitrogen and oxygen atoms in total. The number of nitrogens with zero attached hydrogens (tertiary/aromatic N) is 2. The minimum atomic E-state index is -0.745. The van der Waals surface area contributed by atoms with Gasteiger partial charge in [0.2, 0.25) is 5.82 Å². The fourth-order valence-corrected chi connectivity index (χ4v) is 1.73. The molecular weight excluding hydrogens is 332 g/mol. The van der Waals surface area contributed by atoms with Crippen LogP contribution in [0, 0.1) is 0 Å². The number of amides is 1. The van der Waals surface area contributed by atoms with E-state index in [-0.39, 0.29) is 18.1 Å². The Morgan fingerprint density at radius 3 is 2.96 bits per heavy atom. The third kappa shape index (κ3) is 5.20. The number of aromatic nitrogens is 3. The van der Waals surface area contributed by atoms with Crippen LogP contribution in [0.3, 0.4) is 0 Å². The molecule has 11 heteroatoms. The lowest BCUT2D eigenvalue weighted by atomic mass is 10.2. The highest BCUT2D eigenvalue weighted by atomic mass is 16.5. The lowest BCUT2D eigenvalue weighted by molar-refractivity contribution is -0.119. The van der Waals surface area contributed by atoms with Gasteiger partial charge in [0.25, 0.3) is 11.5 Å². The molecule has 0 aliphatic rings. The molecule has 0 unspecified atom stereocenters. The zero-order valence-corrected chi connectivity index (χ0v) is 13.2. The molecule has 0 aliphatic carbocycles.